The minimum atomic E-state index is -0.786. The van der Waals surface area contributed by atoms with Crippen LogP contribution in [0.5, 0.6) is 0 Å². The highest BCUT2D eigenvalue weighted by molar-refractivity contribution is 5.99. The molecule has 0 radical (unpaired) electrons. The SMILES string of the molecule is CC(C)CNC(=O)C1(C)CCCCCN1C(=O)c1ccncc1. The number of aromatic nitrogens is 1. The van der Waals surface area contributed by atoms with Crippen molar-refractivity contribution in [2.45, 2.75) is 52.0 Å². The van der Waals surface area contributed by atoms with E-state index < -0.39 is 5.54 Å². The van der Waals surface area contributed by atoms with Crippen LogP contribution in [0.2, 0.25) is 0 Å². The zero-order valence-corrected chi connectivity index (χ0v) is 14.3. The van der Waals surface area contributed by atoms with E-state index in [1.165, 1.54) is 0 Å². The van der Waals surface area contributed by atoms with Gasteiger partial charge in [-0.25, -0.2) is 0 Å². The number of amides is 2. The van der Waals surface area contributed by atoms with E-state index in [1.54, 1.807) is 29.4 Å². The van der Waals surface area contributed by atoms with Crippen LogP contribution in [0.25, 0.3) is 0 Å². The predicted octanol–water partition coefficient (Wildman–Crippen LogP) is 2.63. The van der Waals surface area contributed by atoms with Crippen molar-refractivity contribution in [3.63, 3.8) is 0 Å². The second-order valence-corrected chi connectivity index (χ2v) is 6.88. The lowest BCUT2D eigenvalue weighted by Gasteiger charge is -2.39. The second kappa shape index (κ2) is 7.57. The summed E-state index contributed by atoms with van der Waals surface area (Å²) in [5.74, 6) is 0.254. The highest BCUT2D eigenvalue weighted by Crippen LogP contribution is 2.29. The van der Waals surface area contributed by atoms with Crippen molar-refractivity contribution in [3.05, 3.63) is 30.1 Å². The molecule has 0 aromatic carbocycles. The molecular formula is C18H27N3O2. The Kier molecular flexibility index (Phi) is 5.74. The van der Waals surface area contributed by atoms with Crippen LogP contribution in [0.3, 0.4) is 0 Å². The van der Waals surface area contributed by atoms with Gasteiger partial charge < -0.3 is 10.2 Å². The molecule has 5 nitrogen and oxygen atoms in total. The number of hydrogen-bond acceptors (Lipinski definition) is 3. The lowest BCUT2D eigenvalue weighted by atomic mass is 9.92. The molecule has 1 saturated heterocycles. The Morgan fingerprint density at radius 3 is 2.61 bits per heavy atom. The molecule has 5 heteroatoms. The standard InChI is InChI=1S/C18H27N3O2/c1-14(2)13-20-17(23)18(3)9-5-4-6-12-21(18)16(22)15-7-10-19-11-8-15/h7-8,10-11,14H,4-6,9,12-13H2,1-3H3,(H,20,23). The molecule has 0 aliphatic carbocycles. The Labute approximate surface area is 138 Å². The van der Waals surface area contributed by atoms with Gasteiger partial charge in [0.1, 0.15) is 5.54 Å². The Hall–Kier alpha value is -1.91. The first-order valence-electron chi connectivity index (χ1n) is 8.45. The third kappa shape index (κ3) is 4.09. The van der Waals surface area contributed by atoms with Gasteiger partial charge in [0.25, 0.3) is 5.91 Å². The van der Waals surface area contributed by atoms with E-state index in [0.29, 0.717) is 31.0 Å². The number of nitrogens with zero attached hydrogens (tertiary/aromatic N) is 2. The summed E-state index contributed by atoms with van der Waals surface area (Å²) in [7, 11) is 0. The van der Waals surface area contributed by atoms with Gasteiger partial charge in [0, 0.05) is 31.0 Å². The minimum Gasteiger partial charge on any atom is -0.354 e. The molecule has 0 saturated carbocycles. The molecule has 1 atom stereocenters. The second-order valence-electron chi connectivity index (χ2n) is 6.88. The summed E-state index contributed by atoms with van der Waals surface area (Å²) in [6, 6.07) is 3.42. The molecule has 2 rings (SSSR count). The van der Waals surface area contributed by atoms with Crippen molar-refractivity contribution >= 4 is 11.8 Å². The molecule has 1 aromatic heterocycles. The highest BCUT2D eigenvalue weighted by atomic mass is 16.2. The summed E-state index contributed by atoms with van der Waals surface area (Å²) in [5, 5.41) is 3.01. The van der Waals surface area contributed by atoms with E-state index in [9.17, 15) is 9.59 Å². The van der Waals surface area contributed by atoms with Crippen molar-refractivity contribution in [2.24, 2.45) is 5.92 Å². The molecule has 2 heterocycles. The number of likely N-dealkylation sites (tertiary alicyclic amines) is 1. The number of rotatable bonds is 4. The highest BCUT2D eigenvalue weighted by Gasteiger charge is 2.42. The number of carbonyl (C=O) groups is 2. The maximum absolute atomic E-state index is 12.9. The van der Waals surface area contributed by atoms with Crippen molar-refractivity contribution < 1.29 is 9.59 Å². The molecular weight excluding hydrogens is 290 g/mol. The first-order chi connectivity index (χ1) is 10.9. The van der Waals surface area contributed by atoms with Gasteiger partial charge in [-0.15, -0.1) is 0 Å². The summed E-state index contributed by atoms with van der Waals surface area (Å²) < 4.78 is 0. The van der Waals surface area contributed by atoms with Crippen LogP contribution < -0.4 is 5.32 Å². The number of hydrogen-bond donors (Lipinski definition) is 1. The van der Waals surface area contributed by atoms with Crippen molar-refractivity contribution in [3.8, 4) is 0 Å². The normalized spacial score (nSPS) is 21.8. The summed E-state index contributed by atoms with van der Waals surface area (Å²) in [6.07, 6.45) is 6.87. The molecule has 23 heavy (non-hydrogen) atoms. The molecule has 126 valence electrons. The first-order valence-corrected chi connectivity index (χ1v) is 8.45. The van der Waals surface area contributed by atoms with Crippen molar-refractivity contribution in [2.75, 3.05) is 13.1 Å². The molecule has 1 N–H and O–H groups in total. The van der Waals surface area contributed by atoms with Crippen LogP contribution in [-0.4, -0.2) is 40.3 Å². The minimum absolute atomic E-state index is 0.0458. The molecule has 1 aliphatic heterocycles. The maximum atomic E-state index is 12.9. The van der Waals surface area contributed by atoms with Crippen molar-refractivity contribution in [1.29, 1.82) is 0 Å². The van der Waals surface area contributed by atoms with Gasteiger partial charge in [0.05, 0.1) is 0 Å². The summed E-state index contributed by atoms with van der Waals surface area (Å²) in [4.78, 5) is 31.5. The van der Waals surface area contributed by atoms with Crippen LogP contribution in [0.1, 0.15) is 56.8 Å². The van der Waals surface area contributed by atoms with Gasteiger partial charge in [-0.05, 0) is 37.8 Å². The van der Waals surface area contributed by atoms with Gasteiger partial charge in [-0.2, -0.15) is 0 Å². The topological polar surface area (TPSA) is 62.3 Å². The van der Waals surface area contributed by atoms with E-state index in [0.717, 1.165) is 19.3 Å². The monoisotopic (exact) mass is 317 g/mol. The van der Waals surface area contributed by atoms with E-state index in [2.05, 4.69) is 24.1 Å². The average Bonchev–Trinajstić information content (AvgIpc) is 2.75. The van der Waals surface area contributed by atoms with E-state index >= 15 is 0 Å². The fourth-order valence-corrected chi connectivity index (χ4v) is 3.00. The largest absolute Gasteiger partial charge is 0.354 e. The van der Waals surface area contributed by atoms with Crippen LogP contribution in [0.4, 0.5) is 0 Å². The molecule has 1 aliphatic rings. The fraction of sp³-hybridized carbons (Fsp3) is 0.611. The molecule has 2 amide bonds. The van der Waals surface area contributed by atoms with E-state index in [-0.39, 0.29) is 11.8 Å². The van der Waals surface area contributed by atoms with Crippen LogP contribution in [0.15, 0.2) is 24.5 Å². The number of pyridine rings is 1. The third-order valence-electron chi connectivity index (χ3n) is 4.47. The summed E-state index contributed by atoms with van der Waals surface area (Å²) in [5.41, 5.74) is -0.198. The predicted molar refractivity (Wildman–Crippen MR) is 90.0 cm³/mol. The molecule has 1 unspecified atom stereocenters. The van der Waals surface area contributed by atoms with Gasteiger partial charge >= 0.3 is 0 Å². The lowest BCUT2D eigenvalue weighted by Crippen LogP contribution is -2.59. The Balaban J connectivity index is 2.25. The average molecular weight is 317 g/mol. The first kappa shape index (κ1) is 17.4. The molecule has 1 fully saturated rings. The fourth-order valence-electron chi connectivity index (χ4n) is 3.00. The smallest absolute Gasteiger partial charge is 0.254 e. The Morgan fingerprint density at radius 2 is 1.96 bits per heavy atom. The van der Waals surface area contributed by atoms with Crippen LogP contribution in [0, 0.1) is 5.92 Å². The summed E-state index contributed by atoms with van der Waals surface area (Å²) >= 11 is 0. The van der Waals surface area contributed by atoms with Gasteiger partial charge in [-0.3, -0.25) is 14.6 Å². The molecule has 1 aromatic rings. The Morgan fingerprint density at radius 1 is 1.26 bits per heavy atom. The van der Waals surface area contributed by atoms with Crippen LogP contribution in [-0.2, 0) is 4.79 Å². The maximum Gasteiger partial charge on any atom is 0.254 e. The quantitative estimate of drug-likeness (QED) is 0.928. The zero-order chi connectivity index (χ0) is 16.9. The number of carbonyl (C=O) groups excluding carboxylic acids is 2. The molecule has 0 bridgehead atoms. The molecule has 0 spiro atoms. The lowest BCUT2D eigenvalue weighted by molar-refractivity contribution is -0.131. The third-order valence-corrected chi connectivity index (χ3v) is 4.47. The Bertz CT molecular complexity index is 544. The summed E-state index contributed by atoms with van der Waals surface area (Å²) in [6.45, 7) is 7.27. The van der Waals surface area contributed by atoms with Gasteiger partial charge in [-0.1, -0.05) is 26.7 Å². The van der Waals surface area contributed by atoms with Crippen molar-refractivity contribution in [1.82, 2.24) is 15.2 Å². The number of nitrogens with one attached hydrogen (secondary N) is 1. The van der Waals surface area contributed by atoms with Gasteiger partial charge in [0.15, 0.2) is 0 Å². The van der Waals surface area contributed by atoms with Gasteiger partial charge in [0.2, 0.25) is 5.91 Å². The van der Waals surface area contributed by atoms with E-state index in [4.69, 9.17) is 0 Å². The van der Waals surface area contributed by atoms with E-state index in [1.807, 2.05) is 6.92 Å². The zero-order valence-electron chi connectivity index (χ0n) is 14.3. The van der Waals surface area contributed by atoms with Crippen LogP contribution >= 0.6 is 0 Å².